The van der Waals surface area contributed by atoms with Gasteiger partial charge in [-0.05, 0) is 17.7 Å². The molecular formula is C11H12N2O2. The van der Waals surface area contributed by atoms with Crippen LogP contribution in [0.4, 0.5) is 0 Å². The van der Waals surface area contributed by atoms with Gasteiger partial charge >= 0.3 is 5.97 Å². The SMILES string of the molecule is COC(=O)c1ccc2c(CN)c[nH]c2c1. The molecule has 0 aliphatic heterocycles. The summed E-state index contributed by atoms with van der Waals surface area (Å²) in [6, 6.07) is 5.38. The van der Waals surface area contributed by atoms with Crippen LogP contribution in [0.3, 0.4) is 0 Å². The maximum absolute atomic E-state index is 11.3. The molecule has 1 aromatic heterocycles. The number of hydrogen-bond donors (Lipinski definition) is 2. The molecule has 1 aromatic carbocycles. The molecule has 2 aromatic rings. The third-order valence-corrected chi connectivity index (χ3v) is 2.41. The quantitative estimate of drug-likeness (QED) is 0.727. The molecule has 0 fully saturated rings. The first-order valence-electron chi connectivity index (χ1n) is 4.64. The number of esters is 1. The largest absolute Gasteiger partial charge is 0.465 e. The van der Waals surface area contributed by atoms with Crippen molar-refractivity contribution in [2.24, 2.45) is 5.73 Å². The second-order valence-electron chi connectivity index (χ2n) is 3.27. The number of aromatic nitrogens is 1. The number of hydrogen-bond acceptors (Lipinski definition) is 3. The summed E-state index contributed by atoms with van der Waals surface area (Å²) in [5, 5.41) is 1.05. The van der Waals surface area contributed by atoms with E-state index in [1.807, 2.05) is 12.3 Å². The van der Waals surface area contributed by atoms with Crippen molar-refractivity contribution in [2.75, 3.05) is 7.11 Å². The molecule has 0 aliphatic carbocycles. The second-order valence-corrected chi connectivity index (χ2v) is 3.27. The fourth-order valence-corrected chi connectivity index (χ4v) is 1.60. The van der Waals surface area contributed by atoms with Gasteiger partial charge in [-0.3, -0.25) is 0 Å². The van der Waals surface area contributed by atoms with Gasteiger partial charge in [-0.1, -0.05) is 6.07 Å². The standard InChI is InChI=1S/C11H12N2O2/c1-15-11(14)7-2-3-9-8(5-12)6-13-10(9)4-7/h2-4,6,13H,5,12H2,1H3. The average Bonchev–Trinajstić information content (AvgIpc) is 2.69. The van der Waals surface area contributed by atoms with Crippen LogP contribution in [0.15, 0.2) is 24.4 Å². The fraction of sp³-hybridized carbons (Fsp3) is 0.182. The molecule has 0 saturated carbocycles. The molecule has 0 bridgehead atoms. The van der Waals surface area contributed by atoms with Gasteiger partial charge in [-0.2, -0.15) is 0 Å². The topological polar surface area (TPSA) is 68.1 Å². The van der Waals surface area contributed by atoms with Crippen LogP contribution in [-0.4, -0.2) is 18.1 Å². The lowest BCUT2D eigenvalue weighted by Crippen LogP contribution is -2.00. The van der Waals surface area contributed by atoms with Crippen molar-refractivity contribution in [3.63, 3.8) is 0 Å². The highest BCUT2D eigenvalue weighted by Gasteiger charge is 2.08. The highest BCUT2D eigenvalue weighted by Crippen LogP contribution is 2.19. The number of ether oxygens (including phenoxy) is 1. The van der Waals surface area contributed by atoms with Crippen LogP contribution in [0.1, 0.15) is 15.9 Å². The maximum Gasteiger partial charge on any atom is 0.337 e. The van der Waals surface area contributed by atoms with E-state index in [0.29, 0.717) is 12.1 Å². The Labute approximate surface area is 87.0 Å². The van der Waals surface area contributed by atoms with E-state index in [0.717, 1.165) is 16.5 Å². The van der Waals surface area contributed by atoms with Gasteiger partial charge in [-0.15, -0.1) is 0 Å². The molecule has 0 aliphatic rings. The molecular weight excluding hydrogens is 192 g/mol. The van der Waals surface area contributed by atoms with Gasteiger partial charge < -0.3 is 15.5 Å². The molecule has 15 heavy (non-hydrogen) atoms. The van der Waals surface area contributed by atoms with Crippen LogP contribution in [-0.2, 0) is 11.3 Å². The summed E-state index contributed by atoms with van der Waals surface area (Å²) in [5.41, 5.74) is 8.05. The van der Waals surface area contributed by atoms with E-state index >= 15 is 0 Å². The smallest absolute Gasteiger partial charge is 0.337 e. The van der Waals surface area contributed by atoms with E-state index in [1.54, 1.807) is 12.1 Å². The molecule has 4 heteroatoms. The molecule has 0 saturated heterocycles. The van der Waals surface area contributed by atoms with Crippen LogP contribution in [0.2, 0.25) is 0 Å². The molecule has 0 radical (unpaired) electrons. The maximum atomic E-state index is 11.3. The number of nitrogens with two attached hydrogens (primary N) is 1. The van der Waals surface area contributed by atoms with Crippen molar-refractivity contribution >= 4 is 16.9 Å². The Morgan fingerprint density at radius 3 is 3.00 bits per heavy atom. The lowest BCUT2D eigenvalue weighted by molar-refractivity contribution is 0.0601. The number of carbonyl (C=O) groups excluding carboxylic acids is 1. The van der Waals surface area contributed by atoms with Crippen LogP contribution >= 0.6 is 0 Å². The second kappa shape index (κ2) is 3.74. The molecule has 78 valence electrons. The highest BCUT2D eigenvalue weighted by atomic mass is 16.5. The number of aromatic amines is 1. The zero-order valence-corrected chi connectivity index (χ0v) is 8.41. The minimum Gasteiger partial charge on any atom is -0.465 e. The monoisotopic (exact) mass is 204 g/mol. The zero-order chi connectivity index (χ0) is 10.8. The third kappa shape index (κ3) is 1.59. The summed E-state index contributed by atoms with van der Waals surface area (Å²) in [6.45, 7) is 0.484. The predicted octanol–water partition coefficient (Wildman–Crippen LogP) is 1.41. The van der Waals surface area contributed by atoms with Crippen molar-refractivity contribution < 1.29 is 9.53 Å². The van der Waals surface area contributed by atoms with Crippen LogP contribution in [0, 0.1) is 0 Å². The lowest BCUT2D eigenvalue weighted by atomic mass is 10.1. The van der Waals surface area contributed by atoms with Crippen molar-refractivity contribution in [3.8, 4) is 0 Å². The fourth-order valence-electron chi connectivity index (χ4n) is 1.60. The highest BCUT2D eigenvalue weighted by molar-refractivity contribution is 5.95. The van der Waals surface area contributed by atoms with Gasteiger partial charge in [0.1, 0.15) is 0 Å². The van der Waals surface area contributed by atoms with Crippen molar-refractivity contribution in [2.45, 2.75) is 6.54 Å². The summed E-state index contributed by atoms with van der Waals surface area (Å²) < 4.78 is 4.64. The number of nitrogens with one attached hydrogen (secondary N) is 1. The summed E-state index contributed by atoms with van der Waals surface area (Å²) in [5.74, 6) is -0.333. The van der Waals surface area contributed by atoms with Crippen LogP contribution in [0.25, 0.3) is 10.9 Å². The summed E-state index contributed by atoms with van der Waals surface area (Å²) in [6.07, 6.45) is 1.85. The number of carbonyl (C=O) groups is 1. The van der Waals surface area contributed by atoms with Crippen molar-refractivity contribution in [1.82, 2.24) is 4.98 Å². The first kappa shape index (κ1) is 9.73. The van der Waals surface area contributed by atoms with Gasteiger partial charge in [0.2, 0.25) is 0 Å². The van der Waals surface area contributed by atoms with E-state index in [9.17, 15) is 4.79 Å². The Hall–Kier alpha value is -1.81. The van der Waals surface area contributed by atoms with Gasteiger partial charge in [0, 0.05) is 23.6 Å². The zero-order valence-electron chi connectivity index (χ0n) is 8.41. The van der Waals surface area contributed by atoms with E-state index in [-0.39, 0.29) is 5.97 Å². The van der Waals surface area contributed by atoms with Gasteiger partial charge in [0.15, 0.2) is 0 Å². The van der Waals surface area contributed by atoms with Gasteiger partial charge in [0.05, 0.1) is 12.7 Å². The molecule has 2 rings (SSSR count). The Morgan fingerprint density at radius 1 is 1.53 bits per heavy atom. The Balaban J connectivity index is 2.53. The average molecular weight is 204 g/mol. The lowest BCUT2D eigenvalue weighted by Gasteiger charge is -1.99. The molecule has 4 nitrogen and oxygen atoms in total. The van der Waals surface area contributed by atoms with E-state index in [4.69, 9.17) is 5.73 Å². The molecule has 0 spiro atoms. The molecule has 1 heterocycles. The van der Waals surface area contributed by atoms with E-state index in [1.165, 1.54) is 7.11 Å². The summed E-state index contributed by atoms with van der Waals surface area (Å²) in [4.78, 5) is 14.3. The van der Waals surface area contributed by atoms with E-state index in [2.05, 4.69) is 9.72 Å². The van der Waals surface area contributed by atoms with E-state index < -0.39 is 0 Å². The number of rotatable bonds is 2. The normalized spacial score (nSPS) is 10.5. The summed E-state index contributed by atoms with van der Waals surface area (Å²) in [7, 11) is 1.37. The van der Waals surface area contributed by atoms with Crippen molar-refractivity contribution in [3.05, 3.63) is 35.5 Å². The first-order chi connectivity index (χ1) is 7.26. The Morgan fingerprint density at radius 2 is 2.33 bits per heavy atom. The predicted molar refractivity (Wildman–Crippen MR) is 57.5 cm³/mol. The molecule has 0 amide bonds. The Kier molecular flexibility index (Phi) is 2.43. The van der Waals surface area contributed by atoms with Gasteiger partial charge in [0.25, 0.3) is 0 Å². The van der Waals surface area contributed by atoms with Crippen molar-refractivity contribution in [1.29, 1.82) is 0 Å². The van der Waals surface area contributed by atoms with Crippen LogP contribution < -0.4 is 5.73 Å². The minimum absolute atomic E-state index is 0.333. The molecule has 3 N–H and O–H groups in total. The number of methoxy groups -OCH3 is 1. The first-order valence-corrected chi connectivity index (χ1v) is 4.64. The molecule has 0 unspecified atom stereocenters. The number of fused-ring (bicyclic) bond motifs is 1. The third-order valence-electron chi connectivity index (χ3n) is 2.41. The molecule has 0 atom stereocenters. The van der Waals surface area contributed by atoms with Gasteiger partial charge in [-0.25, -0.2) is 4.79 Å². The number of H-pyrrole nitrogens is 1. The van der Waals surface area contributed by atoms with Crippen LogP contribution in [0.5, 0.6) is 0 Å². The number of benzene rings is 1. The minimum atomic E-state index is -0.333. The summed E-state index contributed by atoms with van der Waals surface area (Å²) >= 11 is 0. The Bertz CT molecular complexity index is 502.